The lowest BCUT2D eigenvalue weighted by Gasteiger charge is -2.13. The Morgan fingerprint density at radius 2 is 0.951 bits per heavy atom. The van der Waals surface area contributed by atoms with Crippen LogP contribution in [-0.4, -0.2) is 19.5 Å². The summed E-state index contributed by atoms with van der Waals surface area (Å²) in [6.07, 6.45) is 0. The normalized spacial score (nSPS) is 11.9. The van der Waals surface area contributed by atoms with Gasteiger partial charge in [0.05, 0.1) is 16.7 Å². The Bertz CT molecular complexity index is 3880. The third-order valence-corrected chi connectivity index (χ3v) is 13.2. The van der Waals surface area contributed by atoms with E-state index < -0.39 is 0 Å². The Morgan fingerprint density at radius 3 is 1.79 bits per heavy atom. The topological polar surface area (TPSA) is 56.7 Å². The summed E-state index contributed by atoms with van der Waals surface area (Å²) in [5.41, 5.74) is 9.77. The molecule has 9 aromatic carbocycles. The molecular formula is C55H32N4OS. The fourth-order valence-corrected chi connectivity index (χ4v) is 10.2. The lowest BCUT2D eigenvalue weighted by atomic mass is 10.0. The quantitative estimate of drug-likeness (QED) is 0.174. The number of hydrogen-bond acceptors (Lipinski definition) is 5. The molecule has 0 N–H and O–H groups in total. The van der Waals surface area contributed by atoms with E-state index in [4.69, 9.17) is 19.4 Å². The zero-order chi connectivity index (χ0) is 40.0. The number of fused-ring (bicyclic) bond motifs is 10. The number of nitrogens with zero attached hydrogens (tertiary/aromatic N) is 4. The van der Waals surface area contributed by atoms with E-state index in [1.165, 1.54) is 41.7 Å². The lowest BCUT2D eigenvalue weighted by Crippen LogP contribution is -2.01. The van der Waals surface area contributed by atoms with E-state index in [-0.39, 0.29) is 0 Å². The van der Waals surface area contributed by atoms with Gasteiger partial charge in [-0.3, -0.25) is 0 Å². The third-order valence-electron chi connectivity index (χ3n) is 12.0. The molecule has 0 fully saturated rings. The predicted octanol–water partition coefficient (Wildman–Crippen LogP) is 15.1. The van der Waals surface area contributed by atoms with Crippen molar-refractivity contribution in [2.24, 2.45) is 0 Å². The third kappa shape index (κ3) is 5.43. The fourth-order valence-electron chi connectivity index (χ4n) is 9.09. The summed E-state index contributed by atoms with van der Waals surface area (Å²) in [5, 5.41) is 9.21. The van der Waals surface area contributed by atoms with Crippen LogP contribution in [0.15, 0.2) is 199 Å². The Hall–Kier alpha value is -7.93. The van der Waals surface area contributed by atoms with Gasteiger partial charge in [0.15, 0.2) is 23.1 Å². The van der Waals surface area contributed by atoms with Crippen molar-refractivity contribution in [1.29, 1.82) is 0 Å². The van der Waals surface area contributed by atoms with E-state index in [0.29, 0.717) is 17.5 Å². The van der Waals surface area contributed by atoms with Gasteiger partial charge >= 0.3 is 0 Å². The number of para-hydroxylation sites is 2. The molecule has 13 rings (SSSR count). The summed E-state index contributed by atoms with van der Waals surface area (Å²) in [5.74, 6) is 1.81. The smallest absolute Gasteiger partial charge is 0.164 e. The van der Waals surface area contributed by atoms with Crippen LogP contribution in [0.25, 0.3) is 126 Å². The first-order valence-electron chi connectivity index (χ1n) is 20.4. The number of furan rings is 1. The zero-order valence-corrected chi connectivity index (χ0v) is 33.4. The van der Waals surface area contributed by atoms with Crippen molar-refractivity contribution in [2.45, 2.75) is 0 Å². The van der Waals surface area contributed by atoms with Gasteiger partial charge in [0, 0.05) is 58.4 Å². The van der Waals surface area contributed by atoms with Crippen LogP contribution in [0.4, 0.5) is 0 Å². The maximum absolute atomic E-state index is 6.81. The van der Waals surface area contributed by atoms with Crippen LogP contribution in [0.5, 0.6) is 0 Å². The first-order chi connectivity index (χ1) is 30.2. The Balaban J connectivity index is 1.08. The first kappa shape index (κ1) is 34.0. The van der Waals surface area contributed by atoms with Gasteiger partial charge in [-0.2, -0.15) is 0 Å². The largest absolute Gasteiger partial charge is 0.454 e. The van der Waals surface area contributed by atoms with Crippen molar-refractivity contribution in [1.82, 2.24) is 19.5 Å². The molecule has 0 spiro atoms. The van der Waals surface area contributed by atoms with Crippen molar-refractivity contribution in [2.75, 3.05) is 0 Å². The molecule has 4 heterocycles. The first-order valence-corrected chi connectivity index (χ1v) is 21.2. The molecule has 0 atom stereocenters. The Kier molecular flexibility index (Phi) is 7.41. The van der Waals surface area contributed by atoms with Crippen molar-refractivity contribution < 1.29 is 4.42 Å². The van der Waals surface area contributed by atoms with E-state index in [1.807, 2.05) is 18.2 Å². The molecule has 0 bridgehead atoms. The van der Waals surface area contributed by atoms with Gasteiger partial charge in [0.25, 0.3) is 0 Å². The second-order valence-electron chi connectivity index (χ2n) is 15.6. The predicted molar refractivity (Wildman–Crippen MR) is 254 cm³/mol. The molecule has 0 saturated heterocycles. The molecule has 0 amide bonds. The molecule has 13 aromatic rings. The molecule has 6 heteroatoms. The fraction of sp³-hybridized carbons (Fsp3) is 0. The highest BCUT2D eigenvalue weighted by Gasteiger charge is 2.22. The van der Waals surface area contributed by atoms with E-state index in [9.17, 15) is 0 Å². The van der Waals surface area contributed by atoms with Crippen LogP contribution in [0.1, 0.15) is 0 Å². The van der Waals surface area contributed by atoms with E-state index in [0.717, 1.165) is 66.5 Å². The maximum atomic E-state index is 6.81. The van der Waals surface area contributed by atoms with Crippen LogP contribution in [-0.2, 0) is 0 Å². The number of rotatable bonds is 5. The van der Waals surface area contributed by atoms with Crippen molar-refractivity contribution in [3.05, 3.63) is 194 Å². The van der Waals surface area contributed by atoms with Gasteiger partial charge in [0.1, 0.15) is 5.58 Å². The molecule has 4 aromatic heterocycles. The average Bonchev–Trinajstić information content (AvgIpc) is 4.00. The second kappa shape index (κ2) is 13.3. The number of benzene rings is 9. The van der Waals surface area contributed by atoms with Crippen molar-refractivity contribution in [3.8, 4) is 51.0 Å². The minimum Gasteiger partial charge on any atom is -0.454 e. The molecule has 5 nitrogen and oxygen atoms in total. The van der Waals surface area contributed by atoms with Gasteiger partial charge in [-0.15, -0.1) is 11.3 Å². The van der Waals surface area contributed by atoms with Gasteiger partial charge < -0.3 is 8.98 Å². The van der Waals surface area contributed by atoms with Crippen LogP contribution in [0, 0.1) is 0 Å². The highest BCUT2D eigenvalue weighted by Crippen LogP contribution is 2.42. The van der Waals surface area contributed by atoms with E-state index >= 15 is 0 Å². The van der Waals surface area contributed by atoms with Gasteiger partial charge in [-0.05, 0) is 82.6 Å². The van der Waals surface area contributed by atoms with E-state index in [2.05, 4.69) is 180 Å². The van der Waals surface area contributed by atoms with Gasteiger partial charge in [-0.25, -0.2) is 15.0 Å². The minimum atomic E-state index is 0.585. The lowest BCUT2D eigenvalue weighted by molar-refractivity contribution is 0.666. The van der Waals surface area contributed by atoms with Crippen molar-refractivity contribution >= 4 is 86.0 Å². The molecular weight excluding hydrogens is 765 g/mol. The van der Waals surface area contributed by atoms with Crippen LogP contribution in [0.2, 0.25) is 0 Å². The van der Waals surface area contributed by atoms with E-state index in [1.54, 1.807) is 11.3 Å². The SMILES string of the molecule is c1ccc(-c2ccc(-c3nc(-c4ccc5sc6ccccc6c5c4)nc(-c4cc(-n5c6ccccc6c6cc7ccccc7cc65)c5oc6ccccc6c5c4)n3)cc2)cc1. The molecule has 0 unspecified atom stereocenters. The number of aromatic nitrogens is 4. The maximum Gasteiger partial charge on any atom is 0.164 e. The zero-order valence-electron chi connectivity index (χ0n) is 32.6. The number of hydrogen-bond donors (Lipinski definition) is 0. The average molecular weight is 797 g/mol. The molecule has 284 valence electrons. The summed E-state index contributed by atoms with van der Waals surface area (Å²) in [6, 6.07) is 68.6. The minimum absolute atomic E-state index is 0.585. The molecule has 61 heavy (non-hydrogen) atoms. The molecule has 0 aliphatic rings. The summed E-state index contributed by atoms with van der Waals surface area (Å²) in [7, 11) is 0. The summed E-state index contributed by atoms with van der Waals surface area (Å²) >= 11 is 1.81. The summed E-state index contributed by atoms with van der Waals surface area (Å²) in [4.78, 5) is 15.9. The van der Waals surface area contributed by atoms with Crippen LogP contribution < -0.4 is 0 Å². The monoisotopic (exact) mass is 796 g/mol. The van der Waals surface area contributed by atoms with Crippen molar-refractivity contribution in [3.63, 3.8) is 0 Å². The molecule has 0 saturated carbocycles. The van der Waals surface area contributed by atoms with Gasteiger partial charge in [-0.1, -0.05) is 133 Å². The molecule has 0 aliphatic carbocycles. The Morgan fingerprint density at radius 1 is 0.361 bits per heavy atom. The summed E-state index contributed by atoms with van der Waals surface area (Å²) < 4.78 is 11.7. The second-order valence-corrected chi connectivity index (χ2v) is 16.7. The summed E-state index contributed by atoms with van der Waals surface area (Å²) in [6.45, 7) is 0. The molecule has 0 aliphatic heterocycles. The Labute approximate surface area is 353 Å². The standard InChI is InChI=1S/C55H32N4OS/c1-2-12-33(13-3-1)34-22-24-35(25-23-34)53-56-54(38-26-27-51-44(29-38)42-18-8-11-21-50(42)61-51)58-55(57-53)39-30-45-41-17-7-10-20-49(41)60-52(45)48(32-39)59-46-19-9-6-16-40(46)43-28-36-14-4-5-15-37(36)31-47(43)59/h1-32H. The van der Waals surface area contributed by atoms with Gasteiger partial charge in [0.2, 0.25) is 0 Å². The van der Waals surface area contributed by atoms with Crippen LogP contribution in [0.3, 0.4) is 0 Å². The van der Waals surface area contributed by atoms with Crippen LogP contribution >= 0.6 is 11.3 Å². The number of thiophene rings is 1. The highest BCUT2D eigenvalue weighted by atomic mass is 32.1. The molecule has 0 radical (unpaired) electrons. The highest BCUT2D eigenvalue weighted by molar-refractivity contribution is 7.25.